The van der Waals surface area contributed by atoms with Crippen LogP contribution < -0.4 is 15.8 Å². The number of rotatable bonds is 7. The van der Waals surface area contributed by atoms with Gasteiger partial charge in [-0.2, -0.15) is 5.10 Å². The lowest BCUT2D eigenvalue weighted by Crippen LogP contribution is -2.44. The smallest absolute Gasteiger partial charge is 0.403 e. The van der Waals surface area contributed by atoms with Gasteiger partial charge in [0.2, 0.25) is 11.8 Å². The summed E-state index contributed by atoms with van der Waals surface area (Å²) in [5, 5.41) is 6.63. The van der Waals surface area contributed by atoms with Gasteiger partial charge in [-0.05, 0) is 35.9 Å². The van der Waals surface area contributed by atoms with E-state index in [9.17, 15) is 36.3 Å². The standard InChI is InChI=1S/C27H21F5N6O4/c28-16-10-20(26(41)35-18-4-1-5-21(23(18)29)42-27(30,31)32)37(12-16)22(39)13-38-19-7-6-14(15-3-2-8-34-11-15)9-17(19)24(36-38)25(33)40/h1-9,11,16,20H,10,12-13H2,(H2,33,40)(H,35,41)/t16-,20+/m1/s1. The van der Waals surface area contributed by atoms with Crippen molar-refractivity contribution in [2.75, 3.05) is 11.9 Å². The second-order valence-electron chi connectivity index (χ2n) is 9.39. The van der Waals surface area contributed by atoms with E-state index in [1.165, 1.54) is 4.68 Å². The van der Waals surface area contributed by atoms with Crippen LogP contribution in [0, 0.1) is 5.82 Å². The largest absolute Gasteiger partial charge is 0.573 e. The molecule has 0 bridgehead atoms. The summed E-state index contributed by atoms with van der Waals surface area (Å²) in [5.74, 6) is -5.29. The Morgan fingerprint density at radius 2 is 1.88 bits per heavy atom. The molecule has 2 atom stereocenters. The van der Waals surface area contributed by atoms with Gasteiger partial charge in [0.25, 0.3) is 5.91 Å². The second-order valence-corrected chi connectivity index (χ2v) is 9.39. The first kappa shape index (κ1) is 28.4. The number of halogens is 5. The Morgan fingerprint density at radius 3 is 2.57 bits per heavy atom. The number of ether oxygens (including phenoxy) is 1. The van der Waals surface area contributed by atoms with Crippen LogP contribution in [0.4, 0.5) is 27.6 Å². The van der Waals surface area contributed by atoms with Gasteiger partial charge in [0.15, 0.2) is 17.3 Å². The van der Waals surface area contributed by atoms with Crippen LogP contribution in [0.25, 0.3) is 22.0 Å². The van der Waals surface area contributed by atoms with Gasteiger partial charge in [-0.1, -0.05) is 18.2 Å². The number of carbonyl (C=O) groups excluding carboxylic acids is 3. The van der Waals surface area contributed by atoms with E-state index in [2.05, 4.69) is 20.1 Å². The number of nitrogens with zero attached hydrogens (tertiary/aromatic N) is 4. The van der Waals surface area contributed by atoms with E-state index >= 15 is 0 Å². The molecular weight excluding hydrogens is 567 g/mol. The summed E-state index contributed by atoms with van der Waals surface area (Å²) >= 11 is 0. The number of likely N-dealkylation sites (tertiary alicyclic amines) is 1. The number of primary amides is 1. The van der Waals surface area contributed by atoms with Gasteiger partial charge in [-0.25, -0.2) is 8.78 Å². The summed E-state index contributed by atoms with van der Waals surface area (Å²) in [5.41, 5.74) is 6.58. The molecule has 1 fully saturated rings. The predicted molar refractivity (Wildman–Crippen MR) is 138 cm³/mol. The number of hydrogen-bond donors (Lipinski definition) is 2. The minimum absolute atomic E-state index is 0.112. The van der Waals surface area contributed by atoms with E-state index in [1.807, 2.05) is 6.07 Å². The van der Waals surface area contributed by atoms with Gasteiger partial charge in [0.05, 0.1) is 17.7 Å². The molecular formula is C27H21F5N6O4. The lowest BCUT2D eigenvalue weighted by molar-refractivity contribution is -0.275. The maximum atomic E-state index is 14.6. The molecule has 3 amide bonds. The Hall–Kier alpha value is -5.08. The molecule has 15 heteroatoms. The molecule has 10 nitrogen and oxygen atoms in total. The van der Waals surface area contributed by atoms with Crippen molar-refractivity contribution in [3.05, 3.63) is 72.4 Å². The van der Waals surface area contributed by atoms with Gasteiger partial charge in [0.1, 0.15) is 18.8 Å². The van der Waals surface area contributed by atoms with Gasteiger partial charge < -0.3 is 20.7 Å². The topological polar surface area (TPSA) is 132 Å². The van der Waals surface area contributed by atoms with Gasteiger partial charge in [-0.15, -0.1) is 13.2 Å². The molecule has 3 N–H and O–H groups in total. The summed E-state index contributed by atoms with van der Waals surface area (Å²) < 4.78 is 71.5. The zero-order valence-corrected chi connectivity index (χ0v) is 21.4. The fourth-order valence-electron chi connectivity index (χ4n) is 4.75. The van der Waals surface area contributed by atoms with Crippen molar-refractivity contribution in [2.24, 2.45) is 5.73 Å². The fourth-order valence-corrected chi connectivity index (χ4v) is 4.75. The van der Waals surface area contributed by atoms with Crippen LogP contribution in [0.3, 0.4) is 0 Å². The molecule has 2 aromatic carbocycles. The third kappa shape index (κ3) is 5.84. The summed E-state index contributed by atoms with van der Waals surface area (Å²) in [7, 11) is 0. The molecule has 4 aromatic rings. The number of fused-ring (bicyclic) bond motifs is 1. The van der Waals surface area contributed by atoms with Crippen molar-refractivity contribution in [1.29, 1.82) is 0 Å². The van der Waals surface area contributed by atoms with Crippen LogP contribution in [0.15, 0.2) is 60.9 Å². The van der Waals surface area contributed by atoms with Crippen LogP contribution >= 0.6 is 0 Å². The first-order chi connectivity index (χ1) is 19.9. The molecule has 0 unspecified atom stereocenters. The van der Waals surface area contributed by atoms with Gasteiger partial charge >= 0.3 is 6.36 Å². The molecule has 42 heavy (non-hydrogen) atoms. The number of amides is 3. The number of aromatic nitrogens is 3. The Bertz CT molecular complexity index is 1680. The molecule has 5 rings (SSSR count). The average Bonchev–Trinajstić information content (AvgIpc) is 3.51. The van der Waals surface area contributed by atoms with Crippen molar-refractivity contribution in [2.45, 2.75) is 31.5 Å². The highest BCUT2D eigenvalue weighted by molar-refractivity contribution is 6.05. The maximum Gasteiger partial charge on any atom is 0.573 e. The van der Waals surface area contributed by atoms with Crippen LogP contribution in [-0.4, -0.2) is 62.5 Å². The summed E-state index contributed by atoms with van der Waals surface area (Å²) in [6.07, 6.45) is -3.99. The molecule has 0 aliphatic carbocycles. The van der Waals surface area contributed by atoms with Crippen molar-refractivity contribution in [3.8, 4) is 16.9 Å². The zero-order chi connectivity index (χ0) is 30.2. The van der Waals surface area contributed by atoms with E-state index in [0.29, 0.717) is 16.5 Å². The first-order valence-corrected chi connectivity index (χ1v) is 12.4. The summed E-state index contributed by atoms with van der Waals surface area (Å²) in [4.78, 5) is 43.4. The fraction of sp³-hybridized carbons (Fsp3) is 0.222. The summed E-state index contributed by atoms with van der Waals surface area (Å²) in [6, 6.07) is 9.87. The molecule has 218 valence electrons. The maximum absolute atomic E-state index is 14.6. The molecule has 2 aromatic heterocycles. The Kier molecular flexibility index (Phi) is 7.49. The highest BCUT2D eigenvalue weighted by Gasteiger charge is 2.40. The molecule has 0 saturated carbocycles. The normalized spacial score (nSPS) is 16.9. The molecule has 1 aliphatic rings. The number of nitrogens with one attached hydrogen (secondary N) is 1. The van der Waals surface area contributed by atoms with Crippen LogP contribution in [-0.2, 0) is 16.1 Å². The third-order valence-corrected chi connectivity index (χ3v) is 6.58. The number of alkyl halides is 4. The average molecular weight is 588 g/mol. The predicted octanol–water partition coefficient (Wildman–Crippen LogP) is 3.81. The third-order valence-electron chi connectivity index (χ3n) is 6.58. The number of pyridine rings is 1. The number of benzene rings is 2. The number of anilines is 1. The quantitative estimate of drug-likeness (QED) is 0.316. The van der Waals surface area contributed by atoms with Crippen molar-refractivity contribution in [3.63, 3.8) is 0 Å². The van der Waals surface area contributed by atoms with Crippen molar-refractivity contribution in [1.82, 2.24) is 19.7 Å². The lowest BCUT2D eigenvalue weighted by Gasteiger charge is -2.24. The molecule has 0 spiro atoms. The van der Waals surface area contributed by atoms with Crippen LogP contribution in [0.1, 0.15) is 16.9 Å². The minimum Gasteiger partial charge on any atom is -0.403 e. The Labute approximate surface area is 233 Å². The second kappa shape index (κ2) is 11.1. The van der Waals surface area contributed by atoms with Crippen LogP contribution in [0.2, 0.25) is 0 Å². The van der Waals surface area contributed by atoms with E-state index in [1.54, 1.807) is 36.7 Å². The van der Waals surface area contributed by atoms with Crippen molar-refractivity contribution >= 4 is 34.3 Å². The molecule has 1 saturated heterocycles. The Morgan fingerprint density at radius 1 is 1.10 bits per heavy atom. The van der Waals surface area contributed by atoms with Gasteiger partial charge in [0, 0.05) is 29.8 Å². The molecule has 3 heterocycles. The molecule has 0 radical (unpaired) electrons. The zero-order valence-electron chi connectivity index (χ0n) is 21.4. The highest BCUT2D eigenvalue weighted by Crippen LogP contribution is 2.31. The van der Waals surface area contributed by atoms with E-state index in [4.69, 9.17) is 5.73 Å². The first-order valence-electron chi connectivity index (χ1n) is 12.4. The Balaban J connectivity index is 1.38. The number of carbonyl (C=O) groups is 3. The highest BCUT2D eigenvalue weighted by atomic mass is 19.4. The molecule has 1 aliphatic heterocycles. The van der Waals surface area contributed by atoms with Crippen LogP contribution in [0.5, 0.6) is 5.75 Å². The summed E-state index contributed by atoms with van der Waals surface area (Å²) in [6.45, 7) is -0.973. The number of nitrogens with two attached hydrogens (primary N) is 1. The van der Waals surface area contributed by atoms with E-state index in [-0.39, 0.29) is 5.69 Å². The SMILES string of the molecule is NC(=O)c1nn(CC(=O)N2C[C@H](F)C[C@H]2C(=O)Nc2cccc(OC(F)(F)F)c2F)c2ccc(-c3cccnc3)cc12. The minimum atomic E-state index is -5.18. The van der Waals surface area contributed by atoms with Gasteiger partial charge in [-0.3, -0.25) is 24.0 Å². The van der Waals surface area contributed by atoms with E-state index in [0.717, 1.165) is 28.7 Å². The number of hydrogen-bond acceptors (Lipinski definition) is 6. The lowest BCUT2D eigenvalue weighted by atomic mass is 10.0. The van der Waals surface area contributed by atoms with E-state index < -0.39 is 73.1 Å². The van der Waals surface area contributed by atoms with Crippen molar-refractivity contribution < 1.29 is 41.1 Å². The monoisotopic (exact) mass is 588 g/mol.